The molecule has 2 aromatic heterocycles. The lowest BCUT2D eigenvalue weighted by atomic mass is 10.1. The number of hydrogen-bond donors (Lipinski definition) is 1. The Morgan fingerprint density at radius 1 is 1.04 bits per heavy atom. The maximum atomic E-state index is 15.0. The molecule has 0 radical (unpaired) electrons. The number of rotatable bonds is 5. The maximum absolute atomic E-state index is 15.0. The van der Waals surface area contributed by atoms with Crippen molar-refractivity contribution in [2.75, 3.05) is 18.0 Å². The van der Waals surface area contributed by atoms with Gasteiger partial charge in [0.15, 0.2) is 17.5 Å². The van der Waals surface area contributed by atoms with Crippen LogP contribution in [0.3, 0.4) is 0 Å². The van der Waals surface area contributed by atoms with Crippen molar-refractivity contribution in [3.63, 3.8) is 0 Å². The number of H-pyrrole nitrogens is 1. The lowest BCUT2D eigenvalue weighted by molar-refractivity contribution is 0.517. The molecule has 6 nitrogen and oxygen atoms in total. The second kappa shape index (κ2) is 6.79. The predicted molar refractivity (Wildman–Crippen MR) is 99.9 cm³/mol. The fourth-order valence-electron chi connectivity index (χ4n) is 3.47. The number of aromatic nitrogens is 5. The molecule has 0 aliphatic rings. The average Bonchev–Trinajstić information content (AvgIpc) is 3.33. The summed E-state index contributed by atoms with van der Waals surface area (Å²) in [6.45, 7) is 5.17. The molecule has 0 spiro atoms. The quantitative estimate of drug-likeness (QED) is 0.580. The van der Waals surface area contributed by atoms with Crippen LogP contribution in [0.4, 0.5) is 14.5 Å². The Kier molecular flexibility index (Phi) is 4.31. The number of nitrogens with zero attached hydrogens (tertiary/aromatic N) is 5. The molecule has 0 saturated carbocycles. The minimum Gasteiger partial charge on any atom is -0.370 e. The number of halogens is 2. The molecule has 0 unspecified atom stereocenters. The van der Waals surface area contributed by atoms with E-state index in [-0.39, 0.29) is 5.39 Å². The van der Waals surface area contributed by atoms with Crippen LogP contribution < -0.4 is 4.90 Å². The van der Waals surface area contributed by atoms with E-state index in [2.05, 4.69) is 20.6 Å². The molecule has 4 rings (SSSR count). The highest BCUT2D eigenvalue weighted by Crippen LogP contribution is 2.42. The highest BCUT2D eigenvalue weighted by Gasteiger charge is 2.28. The molecule has 1 N–H and O–H groups in total. The van der Waals surface area contributed by atoms with Crippen LogP contribution in [-0.2, 0) is 0 Å². The van der Waals surface area contributed by atoms with Crippen molar-refractivity contribution in [1.82, 2.24) is 25.2 Å². The van der Waals surface area contributed by atoms with Gasteiger partial charge >= 0.3 is 0 Å². The summed E-state index contributed by atoms with van der Waals surface area (Å²) >= 11 is 0. The normalized spacial score (nSPS) is 11.3. The van der Waals surface area contributed by atoms with Crippen LogP contribution >= 0.6 is 0 Å². The predicted octanol–water partition coefficient (Wildman–Crippen LogP) is 3.94. The molecule has 27 heavy (non-hydrogen) atoms. The van der Waals surface area contributed by atoms with Crippen molar-refractivity contribution in [2.45, 2.75) is 13.8 Å². The summed E-state index contributed by atoms with van der Waals surface area (Å²) in [6, 6.07) is 12.2. The van der Waals surface area contributed by atoms with Crippen molar-refractivity contribution in [2.24, 2.45) is 0 Å². The van der Waals surface area contributed by atoms with Crippen LogP contribution in [-0.4, -0.2) is 38.3 Å². The van der Waals surface area contributed by atoms with Crippen molar-refractivity contribution < 1.29 is 8.78 Å². The minimum atomic E-state index is -0.886. The lowest BCUT2D eigenvalue weighted by Crippen LogP contribution is -2.22. The van der Waals surface area contributed by atoms with E-state index in [0.29, 0.717) is 35.8 Å². The van der Waals surface area contributed by atoms with E-state index in [1.54, 1.807) is 6.07 Å². The Balaban J connectivity index is 2.22. The monoisotopic (exact) mass is 368 g/mol. The Morgan fingerprint density at radius 3 is 2.41 bits per heavy atom. The summed E-state index contributed by atoms with van der Waals surface area (Å²) in [6.07, 6.45) is 0. The van der Waals surface area contributed by atoms with Crippen LogP contribution in [0.15, 0.2) is 42.5 Å². The second-order valence-corrected chi connectivity index (χ2v) is 6.05. The third-order valence-electron chi connectivity index (χ3n) is 4.66. The number of para-hydroxylation sites is 1. The van der Waals surface area contributed by atoms with Gasteiger partial charge in [-0.2, -0.15) is 0 Å². The van der Waals surface area contributed by atoms with E-state index in [4.69, 9.17) is 0 Å². The van der Waals surface area contributed by atoms with Gasteiger partial charge < -0.3 is 9.47 Å². The Labute approximate surface area is 154 Å². The molecule has 0 aliphatic carbocycles. The number of tetrazole rings is 1. The maximum Gasteiger partial charge on any atom is 0.198 e. The fraction of sp³-hybridized carbons (Fsp3) is 0.211. The van der Waals surface area contributed by atoms with Crippen LogP contribution in [0.2, 0.25) is 0 Å². The van der Waals surface area contributed by atoms with Crippen LogP contribution in [0.5, 0.6) is 0 Å². The van der Waals surface area contributed by atoms with E-state index in [9.17, 15) is 8.78 Å². The van der Waals surface area contributed by atoms with Gasteiger partial charge in [0.2, 0.25) is 0 Å². The van der Waals surface area contributed by atoms with Crippen LogP contribution in [0.25, 0.3) is 28.1 Å². The van der Waals surface area contributed by atoms with Crippen molar-refractivity contribution in [1.29, 1.82) is 0 Å². The summed E-state index contributed by atoms with van der Waals surface area (Å²) in [5, 5.41) is 14.4. The van der Waals surface area contributed by atoms with Gasteiger partial charge in [0.1, 0.15) is 5.69 Å². The Hall–Kier alpha value is -3.29. The molecular weight excluding hydrogens is 350 g/mol. The zero-order chi connectivity index (χ0) is 19.0. The van der Waals surface area contributed by atoms with E-state index in [1.165, 1.54) is 0 Å². The summed E-state index contributed by atoms with van der Waals surface area (Å²) < 4.78 is 31.0. The first-order valence-electron chi connectivity index (χ1n) is 8.74. The van der Waals surface area contributed by atoms with E-state index >= 15 is 0 Å². The van der Waals surface area contributed by atoms with Gasteiger partial charge in [0.25, 0.3) is 0 Å². The molecule has 138 valence electrons. The summed E-state index contributed by atoms with van der Waals surface area (Å²) in [5.74, 6) is -1.38. The first-order valence-corrected chi connectivity index (χ1v) is 8.74. The molecule has 0 amide bonds. The summed E-state index contributed by atoms with van der Waals surface area (Å²) in [7, 11) is 0. The van der Waals surface area contributed by atoms with E-state index in [0.717, 1.165) is 11.8 Å². The van der Waals surface area contributed by atoms with Crippen molar-refractivity contribution >= 4 is 16.6 Å². The summed E-state index contributed by atoms with van der Waals surface area (Å²) in [4.78, 5) is 1.97. The number of nitrogens with one attached hydrogen (secondary N) is 1. The molecule has 0 atom stereocenters. The van der Waals surface area contributed by atoms with Crippen LogP contribution in [0.1, 0.15) is 13.8 Å². The van der Waals surface area contributed by atoms with Gasteiger partial charge in [-0.3, -0.25) is 0 Å². The Morgan fingerprint density at radius 2 is 1.78 bits per heavy atom. The van der Waals surface area contributed by atoms with Crippen molar-refractivity contribution in [3.8, 4) is 17.2 Å². The first-order chi connectivity index (χ1) is 13.2. The zero-order valence-electron chi connectivity index (χ0n) is 14.9. The average molecular weight is 368 g/mol. The molecule has 0 saturated heterocycles. The zero-order valence-corrected chi connectivity index (χ0v) is 14.9. The standard InChI is InChI=1S/C19H18F2N6/c1-3-26(4-2)17-15-14(11-10-13(20)16(15)21)27(12-8-6-5-7-9-12)18(17)19-22-24-25-23-19/h5-11H,3-4H2,1-2H3,(H,22,23,24,25). The number of hydrogen-bond acceptors (Lipinski definition) is 4. The van der Waals surface area contributed by atoms with Gasteiger partial charge in [-0.05, 0) is 48.5 Å². The van der Waals surface area contributed by atoms with E-state index in [1.807, 2.05) is 53.6 Å². The molecule has 4 aromatic rings. The smallest absolute Gasteiger partial charge is 0.198 e. The highest BCUT2D eigenvalue weighted by atomic mass is 19.2. The molecule has 8 heteroatoms. The number of aromatic amines is 1. The van der Waals surface area contributed by atoms with E-state index < -0.39 is 11.6 Å². The second-order valence-electron chi connectivity index (χ2n) is 6.05. The number of benzene rings is 2. The third kappa shape index (κ3) is 2.64. The minimum absolute atomic E-state index is 0.217. The highest BCUT2D eigenvalue weighted by molar-refractivity contribution is 6.03. The largest absolute Gasteiger partial charge is 0.370 e. The SMILES string of the molecule is CCN(CC)c1c(-c2nnn[nH]2)n(-c2ccccc2)c2ccc(F)c(F)c12. The van der Waals surface area contributed by atoms with Crippen LogP contribution in [0, 0.1) is 11.6 Å². The third-order valence-corrected chi connectivity index (χ3v) is 4.66. The van der Waals surface area contributed by atoms with Gasteiger partial charge in [-0.25, -0.2) is 13.9 Å². The molecule has 2 heterocycles. The van der Waals surface area contributed by atoms with Gasteiger partial charge in [0, 0.05) is 18.8 Å². The summed E-state index contributed by atoms with van der Waals surface area (Å²) in [5.41, 5.74) is 2.51. The lowest BCUT2D eigenvalue weighted by Gasteiger charge is -2.22. The fourth-order valence-corrected chi connectivity index (χ4v) is 3.47. The Bertz CT molecular complexity index is 1070. The van der Waals surface area contributed by atoms with Gasteiger partial charge in [0.05, 0.1) is 16.6 Å². The van der Waals surface area contributed by atoms with Gasteiger partial charge in [-0.15, -0.1) is 5.10 Å². The molecule has 2 aromatic carbocycles. The van der Waals surface area contributed by atoms with Gasteiger partial charge in [-0.1, -0.05) is 18.2 Å². The first kappa shape index (κ1) is 17.1. The molecule has 0 aliphatic heterocycles. The number of fused-ring (bicyclic) bond motifs is 1. The van der Waals surface area contributed by atoms with Crippen molar-refractivity contribution in [3.05, 3.63) is 54.1 Å². The molecule has 0 bridgehead atoms. The molecular formula is C19H18F2N6. The topological polar surface area (TPSA) is 62.6 Å². The molecule has 0 fully saturated rings. The number of anilines is 1.